The molecule has 3 heterocycles. The molecule has 3 rings (SSSR count). The SMILES string of the molecule is c1nc2ccc(C3CCCN3)cn2n1. The van der Waals surface area contributed by atoms with Crippen molar-refractivity contribution in [1.82, 2.24) is 19.9 Å². The fraction of sp³-hybridized carbons (Fsp3) is 0.400. The summed E-state index contributed by atoms with van der Waals surface area (Å²) < 4.78 is 1.83. The molecule has 0 spiro atoms. The highest BCUT2D eigenvalue weighted by molar-refractivity contribution is 5.38. The Balaban J connectivity index is 2.04. The van der Waals surface area contributed by atoms with Crippen molar-refractivity contribution in [2.45, 2.75) is 18.9 Å². The maximum atomic E-state index is 4.13. The van der Waals surface area contributed by atoms with Crippen molar-refractivity contribution in [2.24, 2.45) is 0 Å². The van der Waals surface area contributed by atoms with Gasteiger partial charge in [0.05, 0.1) is 0 Å². The molecule has 4 nitrogen and oxygen atoms in total. The maximum Gasteiger partial charge on any atom is 0.155 e. The van der Waals surface area contributed by atoms with Gasteiger partial charge in [-0.1, -0.05) is 6.07 Å². The molecule has 72 valence electrons. The van der Waals surface area contributed by atoms with Crippen LogP contribution in [0, 0.1) is 0 Å². The summed E-state index contributed by atoms with van der Waals surface area (Å²) in [5.74, 6) is 0. The Bertz CT molecular complexity index is 442. The van der Waals surface area contributed by atoms with Gasteiger partial charge in [-0.05, 0) is 31.0 Å². The number of hydrogen-bond acceptors (Lipinski definition) is 3. The van der Waals surface area contributed by atoms with Crippen molar-refractivity contribution < 1.29 is 0 Å². The first-order valence-corrected chi connectivity index (χ1v) is 4.96. The predicted molar refractivity (Wildman–Crippen MR) is 53.0 cm³/mol. The second kappa shape index (κ2) is 3.06. The Hall–Kier alpha value is -1.42. The molecule has 2 aromatic heterocycles. The molecule has 14 heavy (non-hydrogen) atoms. The summed E-state index contributed by atoms with van der Waals surface area (Å²) in [6.45, 7) is 1.13. The van der Waals surface area contributed by atoms with Crippen LogP contribution < -0.4 is 5.32 Å². The Kier molecular flexibility index (Phi) is 1.73. The van der Waals surface area contributed by atoms with E-state index in [-0.39, 0.29) is 0 Å². The summed E-state index contributed by atoms with van der Waals surface area (Å²) in [6.07, 6.45) is 6.13. The fourth-order valence-electron chi connectivity index (χ4n) is 2.01. The zero-order valence-electron chi connectivity index (χ0n) is 7.85. The van der Waals surface area contributed by atoms with E-state index >= 15 is 0 Å². The van der Waals surface area contributed by atoms with Crippen molar-refractivity contribution in [3.05, 3.63) is 30.2 Å². The molecule has 0 bridgehead atoms. The summed E-state index contributed by atoms with van der Waals surface area (Å²) in [5.41, 5.74) is 2.22. The van der Waals surface area contributed by atoms with Crippen LogP contribution in [0.3, 0.4) is 0 Å². The molecule has 1 unspecified atom stereocenters. The molecule has 1 N–H and O–H groups in total. The normalized spacial score (nSPS) is 21.9. The Morgan fingerprint density at radius 3 is 3.29 bits per heavy atom. The first kappa shape index (κ1) is 7.94. The number of fused-ring (bicyclic) bond motifs is 1. The quantitative estimate of drug-likeness (QED) is 0.730. The van der Waals surface area contributed by atoms with E-state index in [1.165, 1.54) is 18.4 Å². The number of rotatable bonds is 1. The second-order valence-corrected chi connectivity index (χ2v) is 3.67. The molecule has 1 aliphatic heterocycles. The third-order valence-electron chi connectivity index (χ3n) is 2.76. The first-order chi connectivity index (χ1) is 6.93. The molecule has 2 aromatic rings. The van der Waals surface area contributed by atoms with Crippen LogP contribution in [0.15, 0.2) is 24.7 Å². The molecule has 0 aliphatic carbocycles. The van der Waals surface area contributed by atoms with Crippen molar-refractivity contribution in [2.75, 3.05) is 6.54 Å². The minimum atomic E-state index is 0.503. The van der Waals surface area contributed by atoms with Crippen LogP contribution in [0.25, 0.3) is 5.65 Å². The first-order valence-electron chi connectivity index (χ1n) is 4.96. The van der Waals surface area contributed by atoms with Gasteiger partial charge >= 0.3 is 0 Å². The van der Waals surface area contributed by atoms with Gasteiger partial charge in [-0.15, -0.1) is 0 Å². The van der Waals surface area contributed by atoms with Gasteiger partial charge in [-0.2, -0.15) is 5.10 Å². The van der Waals surface area contributed by atoms with Gasteiger partial charge in [-0.3, -0.25) is 0 Å². The van der Waals surface area contributed by atoms with E-state index < -0.39 is 0 Å². The van der Waals surface area contributed by atoms with Gasteiger partial charge in [0.25, 0.3) is 0 Å². The standard InChI is InChI=1S/C10H12N4/c1-2-9(11-5-1)8-3-4-10-12-7-13-14(10)6-8/h3-4,6-7,9,11H,1-2,5H2. The number of aromatic nitrogens is 3. The molecule has 1 saturated heterocycles. The van der Waals surface area contributed by atoms with Crippen LogP contribution in [-0.4, -0.2) is 21.1 Å². The number of hydrogen-bond donors (Lipinski definition) is 1. The summed E-state index contributed by atoms with van der Waals surface area (Å²) in [5, 5.41) is 7.60. The highest BCUT2D eigenvalue weighted by Gasteiger charge is 2.16. The van der Waals surface area contributed by atoms with Crippen LogP contribution in [0.2, 0.25) is 0 Å². The van der Waals surface area contributed by atoms with Crippen molar-refractivity contribution in [1.29, 1.82) is 0 Å². The topological polar surface area (TPSA) is 42.2 Å². The molecule has 0 radical (unpaired) electrons. The lowest BCUT2D eigenvalue weighted by molar-refractivity contribution is 0.642. The molecule has 1 aliphatic rings. The van der Waals surface area contributed by atoms with Gasteiger partial charge in [0, 0.05) is 12.2 Å². The number of nitrogens with zero attached hydrogens (tertiary/aromatic N) is 3. The summed E-state index contributed by atoms with van der Waals surface area (Å²) in [4.78, 5) is 4.12. The third-order valence-corrected chi connectivity index (χ3v) is 2.76. The van der Waals surface area contributed by atoms with Crippen LogP contribution in [0.1, 0.15) is 24.4 Å². The largest absolute Gasteiger partial charge is 0.310 e. The summed E-state index contributed by atoms with van der Waals surface area (Å²) in [6, 6.07) is 4.65. The zero-order valence-corrected chi connectivity index (χ0v) is 7.85. The maximum absolute atomic E-state index is 4.13. The monoisotopic (exact) mass is 188 g/mol. The van der Waals surface area contributed by atoms with Crippen molar-refractivity contribution >= 4 is 5.65 Å². The molecule has 0 aromatic carbocycles. The lowest BCUT2D eigenvalue weighted by Crippen LogP contribution is -2.13. The Labute approximate surface area is 82.0 Å². The minimum absolute atomic E-state index is 0.503. The highest BCUT2D eigenvalue weighted by atomic mass is 15.3. The average molecular weight is 188 g/mol. The zero-order chi connectivity index (χ0) is 9.38. The second-order valence-electron chi connectivity index (χ2n) is 3.67. The summed E-state index contributed by atoms with van der Waals surface area (Å²) in [7, 11) is 0. The van der Waals surface area contributed by atoms with Gasteiger partial charge in [0.2, 0.25) is 0 Å². The van der Waals surface area contributed by atoms with E-state index in [9.17, 15) is 0 Å². The van der Waals surface area contributed by atoms with Crippen LogP contribution in [-0.2, 0) is 0 Å². The molecule has 0 amide bonds. The van der Waals surface area contributed by atoms with Crippen LogP contribution in [0.5, 0.6) is 0 Å². The van der Waals surface area contributed by atoms with Gasteiger partial charge in [0.1, 0.15) is 6.33 Å². The van der Waals surface area contributed by atoms with Crippen LogP contribution in [0.4, 0.5) is 0 Å². The van der Waals surface area contributed by atoms with Gasteiger partial charge in [-0.25, -0.2) is 9.50 Å². The highest BCUT2D eigenvalue weighted by Crippen LogP contribution is 2.22. The van der Waals surface area contributed by atoms with E-state index in [1.54, 1.807) is 6.33 Å². The molecule has 1 fully saturated rings. The van der Waals surface area contributed by atoms with E-state index in [0.29, 0.717) is 6.04 Å². The van der Waals surface area contributed by atoms with Gasteiger partial charge in [0.15, 0.2) is 5.65 Å². The molecule has 0 saturated carbocycles. The summed E-state index contributed by atoms with van der Waals surface area (Å²) >= 11 is 0. The van der Waals surface area contributed by atoms with E-state index in [0.717, 1.165) is 12.2 Å². The average Bonchev–Trinajstić information content (AvgIpc) is 2.88. The van der Waals surface area contributed by atoms with Gasteiger partial charge < -0.3 is 5.32 Å². The van der Waals surface area contributed by atoms with E-state index in [4.69, 9.17) is 0 Å². The molecular formula is C10H12N4. The van der Waals surface area contributed by atoms with Crippen molar-refractivity contribution in [3.8, 4) is 0 Å². The Morgan fingerprint density at radius 1 is 1.43 bits per heavy atom. The van der Waals surface area contributed by atoms with Crippen LogP contribution >= 0.6 is 0 Å². The third kappa shape index (κ3) is 1.19. The lowest BCUT2D eigenvalue weighted by atomic mass is 10.1. The van der Waals surface area contributed by atoms with Crippen molar-refractivity contribution in [3.63, 3.8) is 0 Å². The minimum Gasteiger partial charge on any atom is -0.310 e. The smallest absolute Gasteiger partial charge is 0.155 e. The molecular weight excluding hydrogens is 176 g/mol. The fourth-order valence-corrected chi connectivity index (χ4v) is 2.01. The van der Waals surface area contributed by atoms with E-state index in [1.807, 2.05) is 10.6 Å². The van der Waals surface area contributed by atoms with E-state index in [2.05, 4.69) is 27.7 Å². The molecule has 4 heteroatoms. The molecule has 1 atom stereocenters. The predicted octanol–water partition coefficient (Wildman–Crippen LogP) is 1.15. The Morgan fingerprint density at radius 2 is 2.43 bits per heavy atom. The number of pyridine rings is 1. The number of nitrogens with one attached hydrogen (secondary N) is 1. The lowest BCUT2D eigenvalue weighted by Gasteiger charge is -2.09.